The average Bonchev–Trinajstić information content (AvgIpc) is 3.41. The highest BCUT2D eigenvalue weighted by Crippen LogP contribution is 2.54. The minimum atomic E-state index is -4.46. The fourth-order valence-corrected chi connectivity index (χ4v) is 7.35. The standard InChI is InChI=1S/C27H36F3N3O3S/c1-3-24(37)33-14-21-9-17(8-18-5-7-36-15-23(18)35-2)11-26(21,16-33)25(34)32-6-4-22-19(13-32)10-20(12-31-22)27(28,29)30/h10,12,17-18,21,23H,3-9,11,13-16H2,1-2H3/t17-,18?,21+,23?,26+/m1/s1. The van der Waals surface area contributed by atoms with Gasteiger partial charge in [0.05, 0.1) is 28.7 Å². The summed E-state index contributed by atoms with van der Waals surface area (Å²) in [5, 5.41) is 0. The number of carbonyl (C=O) groups excluding carboxylic acids is 1. The summed E-state index contributed by atoms with van der Waals surface area (Å²) < 4.78 is 51.3. The number of hydrogen-bond acceptors (Lipinski definition) is 5. The lowest BCUT2D eigenvalue weighted by Crippen LogP contribution is -2.49. The van der Waals surface area contributed by atoms with Crippen LogP contribution in [0.3, 0.4) is 0 Å². The van der Waals surface area contributed by atoms with Crippen LogP contribution in [0.15, 0.2) is 12.3 Å². The number of hydrogen-bond donors (Lipinski definition) is 0. The molecular weight excluding hydrogens is 503 g/mol. The van der Waals surface area contributed by atoms with Gasteiger partial charge in [0.2, 0.25) is 5.91 Å². The monoisotopic (exact) mass is 539 g/mol. The maximum Gasteiger partial charge on any atom is 0.417 e. The Morgan fingerprint density at radius 2 is 2.16 bits per heavy atom. The molecule has 3 aliphatic heterocycles. The van der Waals surface area contributed by atoms with E-state index >= 15 is 0 Å². The molecule has 37 heavy (non-hydrogen) atoms. The van der Waals surface area contributed by atoms with E-state index in [9.17, 15) is 18.0 Å². The Kier molecular flexibility index (Phi) is 7.55. The molecule has 1 saturated carbocycles. The highest BCUT2D eigenvalue weighted by molar-refractivity contribution is 7.80. The van der Waals surface area contributed by atoms with Crippen molar-refractivity contribution < 1.29 is 27.4 Å². The minimum absolute atomic E-state index is 0.0692. The second-order valence-electron chi connectivity index (χ2n) is 11.2. The van der Waals surface area contributed by atoms with Gasteiger partial charge in [-0.15, -0.1) is 0 Å². The van der Waals surface area contributed by atoms with Crippen molar-refractivity contribution in [2.45, 2.75) is 64.3 Å². The number of nitrogens with zero attached hydrogens (tertiary/aromatic N) is 3. The average molecular weight is 540 g/mol. The first kappa shape index (κ1) is 26.8. The summed E-state index contributed by atoms with van der Waals surface area (Å²) >= 11 is 5.63. The van der Waals surface area contributed by atoms with E-state index in [4.69, 9.17) is 21.7 Å². The minimum Gasteiger partial charge on any atom is -0.379 e. The van der Waals surface area contributed by atoms with E-state index in [1.165, 1.54) is 0 Å². The van der Waals surface area contributed by atoms with Crippen LogP contribution >= 0.6 is 12.2 Å². The third kappa shape index (κ3) is 5.13. The fraction of sp³-hybridized carbons (Fsp3) is 0.741. The molecule has 6 nitrogen and oxygen atoms in total. The van der Waals surface area contributed by atoms with Crippen LogP contribution in [-0.4, -0.2) is 71.7 Å². The van der Waals surface area contributed by atoms with E-state index in [1.54, 1.807) is 12.0 Å². The number of ether oxygens (including phenoxy) is 2. The van der Waals surface area contributed by atoms with Gasteiger partial charge in [-0.25, -0.2) is 0 Å². The Bertz CT molecular complexity index is 1040. The van der Waals surface area contributed by atoms with Gasteiger partial charge in [0.15, 0.2) is 0 Å². The molecule has 2 saturated heterocycles. The third-order valence-electron chi connectivity index (χ3n) is 9.08. The van der Waals surface area contributed by atoms with Crippen LogP contribution < -0.4 is 0 Å². The molecule has 1 aromatic rings. The number of halogens is 3. The van der Waals surface area contributed by atoms with Gasteiger partial charge in [0.25, 0.3) is 0 Å². The predicted molar refractivity (Wildman–Crippen MR) is 136 cm³/mol. The van der Waals surface area contributed by atoms with Crippen LogP contribution in [-0.2, 0) is 33.4 Å². The number of fused-ring (bicyclic) bond motifs is 2. The summed E-state index contributed by atoms with van der Waals surface area (Å²) in [6.45, 7) is 5.43. The number of pyridine rings is 1. The van der Waals surface area contributed by atoms with Gasteiger partial charge in [0, 0.05) is 58.2 Å². The summed E-state index contributed by atoms with van der Waals surface area (Å²) in [5.74, 6) is 1.08. The van der Waals surface area contributed by atoms with Crippen molar-refractivity contribution in [3.63, 3.8) is 0 Å². The first-order chi connectivity index (χ1) is 17.6. The van der Waals surface area contributed by atoms with E-state index in [0.29, 0.717) is 49.2 Å². The smallest absolute Gasteiger partial charge is 0.379 e. The van der Waals surface area contributed by atoms with Gasteiger partial charge in [-0.3, -0.25) is 9.78 Å². The molecule has 10 heteroatoms. The van der Waals surface area contributed by atoms with Gasteiger partial charge in [-0.05, 0) is 61.5 Å². The molecule has 3 fully saturated rings. The van der Waals surface area contributed by atoms with Crippen molar-refractivity contribution >= 4 is 23.1 Å². The van der Waals surface area contributed by atoms with Crippen LogP contribution in [0.4, 0.5) is 13.2 Å². The Labute approximate surface area is 221 Å². The molecule has 1 aromatic heterocycles. The summed E-state index contributed by atoms with van der Waals surface area (Å²) in [5.41, 5.74) is -0.159. The number of alkyl halides is 3. The summed E-state index contributed by atoms with van der Waals surface area (Å²) in [7, 11) is 1.73. The zero-order chi connectivity index (χ0) is 26.4. The zero-order valence-electron chi connectivity index (χ0n) is 21.6. The summed E-state index contributed by atoms with van der Waals surface area (Å²) in [4.78, 5) is 23.2. The summed E-state index contributed by atoms with van der Waals surface area (Å²) in [6, 6.07) is 1.16. The molecule has 204 valence electrons. The molecule has 0 spiro atoms. The van der Waals surface area contributed by atoms with E-state index in [0.717, 1.165) is 62.5 Å². The molecule has 4 aliphatic rings. The van der Waals surface area contributed by atoms with Gasteiger partial charge < -0.3 is 19.3 Å². The van der Waals surface area contributed by atoms with Crippen molar-refractivity contribution in [1.82, 2.24) is 14.8 Å². The van der Waals surface area contributed by atoms with Crippen molar-refractivity contribution in [2.24, 2.45) is 23.2 Å². The van der Waals surface area contributed by atoms with Crippen molar-refractivity contribution in [3.05, 3.63) is 29.1 Å². The van der Waals surface area contributed by atoms with Crippen molar-refractivity contribution in [1.29, 1.82) is 0 Å². The highest BCUT2D eigenvalue weighted by atomic mass is 32.1. The molecule has 0 N–H and O–H groups in total. The van der Waals surface area contributed by atoms with Crippen molar-refractivity contribution in [3.8, 4) is 0 Å². The maximum absolute atomic E-state index is 14.3. The molecule has 2 unspecified atom stereocenters. The fourth-order valence-electron chi connectivity index (χ4n) is 7.21. The number of carbonyl (C=O) groups is 1. The Hall–Kier alpha value is -1.78. The quantitative estimate of drug-likeness (QED) is 0.514. The lowest BCUT2D eigenvalue weighted by atomic mass is 9.78. The zero-order valence-corrected chi connectivity index (χ0v) is 22.4. The number of aromatic nitrogens is 1. The maximum atomic E-state index is 14.3. The number of methoxy groups -OCH3 is 1. The first-order valence-electron chi connectivity index (χ1n) is 13.4. The SMILES string of the molecule is CCC(=S)N1C[C@@H]2C[C@@H](CC3CCOCC3OC)C[C@]2(C(=O)N2CCc3ncc(C(F)(F)F)cc3C2)C1. The molecule has 5 atom stereocenters. The van der Waals surface area contributed by atoms with Gasteiger partial charge >= 0.3 is 6.18 Å². The molecular formula is C27H36F3N3O3S. The Morgan fingerprint density at radius 1 is 1.35 bits per heavy atom. The van der Waals surface area contributed by atoms with Crippen molar-refractivity contribution in [2.75, 3.05) is 40.0 Å². The van der Waals surface area contributed by atoms with E-state index in [1.807, 2.05) is 6.92 Å². The molecule has 5 rings (SSSR count). The molecule has 0 radical (unpaired) electrons. The highest BCUT2D eigenvalue weighted by Gasteiger charge is 2.59. The Morgan fingerprint density at radius 3 is 2.89 bits per heavy atom. The molecule has 1 amide bonds. The summed E-state index contributed by atoms with van der Waals surface area (Å²) in [6.07, 6.45) is 1.48. The van der Waals surface area contributed by atoms with Gasteiger partial charge in [0.1, 0.15) is 0 Å². The van der Waals surface area contributed by atoms with Gasteiger partial charge in [-0.2, -0.15) is 13.2 Å². The number of thiocarbonyl (C=S) groups is 1. The van der Waals surface area contributed by atoms with Gasteiger partial charge in [-0.1, -0.05) is 19.1 Å². The number of likely N-dealkylation sites (tertiary alicyclic amines) is 1. The van der Waals surface area contributed by atoms with Crippen LogP contribution in [0.25, 0.3) is 0 Å². The largest absolute Gasteiger partial charge is 0.417 e. The number of amides is 1. The first-order valence-corrected chi connectivity index (χ1v) is 13.8. The second-order valence-corrected chi connectivity index (χ2v) is 11.7. The van der Waals surface area contributed by atoms with Crippen LogP contribution in [0.5, 0.6) is 0 Å². The lowest BCUT2D eigenvalue weighted by Gasteiger charge is -2.37. The predicted octanol–water partition coefficient (Wildman–Crippen LogP) is 4.49. The molecule has 0 aromatic carbocycles. The molecule has 0 bridgehead atoms. The lowest BCUT2D eigenvalue weighted by molar-refractivity contribution is -0.144. The van der Waals surface area contributed by atoms with Crippen LogP contribution in [0.1, 0.15) is 55.8 Å². The Balaban J connectivity index is 1.37. The second kappa shape index (κ2) is 10.4. The third-order valence-corrected chi connectivity index (χ3v) is 9.63. The normalized spacial score (nSPS) is 31.8. The number of rotatable bonds is 5. The topological polar surface area (TPSA) is 54.9 Å². The van der Waals surface area contributed by atoms with Crippen LogP contribution in [0, 0.1) is 23.2 Å². The van der Waals surface area contributed by atoms with E-state index in [2.05, 4.69) is 9.88 Å². The van der Waals surface area contributed by atoms with Crippen LogP contribution in [0.2, 0.25) is 0 Å². The molecule has 1 aliphatic carbocycles. The van der Waals surface area contributed by atoms with E-state index < -0.39 is 17.2 Å². The van der Waals surface area contributed by atoms with E-state index in [-0.39, 0.29) is 24.5 Å². The molecule has 4 heterocycles.